The van der Waals surface area contributed by atoms with Crippen LogP contribution in [0.5, 0.6) is 0 Å². The van der Waals surface area contributed by atoms with Crippen molar-refractivity contribution in [2.24, 2.45) is 0 Å². The molecule has 3 aliphatic heterocycles. The molecule has 170 valence electrons. The molecule has 0 saturated carbocycles. The average Bonchev–Trinajstić information content (AvgIpc) is 3.22. The zero-order chi connectivity index (χ0) is 23.4. The van der Waals surface area contributed by atoms with Crippen LogP contribution in [0, 0.1) is 0 Å². The van der Waals surface area contributed by atoms with Crippen LogP contribution in [0.2, 0.25) is 5.02 Å². The third-order valence-electron chi connectivity index (χ3n) is 7.81. The molecule has 0 radical (unpaired) electrons. The molecule has 0 bridgehead atoms. The van der Waals surface area contributed by atoms with Crippen LogP contribution in [0.1, 0.15) is 38.8 Å². The normalized spacial score (nSPS) is 29.6. The van der Waals surface area contributed by atoms with Crippen LogP contribution in [0.15, 0.2) is 42.5 Å². The van der Waals surface area contributed by atoms with Crippen LogP contribution >= 0.6 is 11.6 Å². The van der Waals surface area contributed by atoms with E-state index in [0.717, 1.165) is 22.5 Å². The standard InChI is InChI=1S/C24H28ClN3O3S/c1-22(2,3)32(30,31)28-14-24(17-13-15(25)11-12-19(17)27(6)21(24)29)23(4)16-9-7-8-10-18(16)26(5)20(23)28/h7-13,20H,14H2,1-6H3/t20-,23-,24-/m1/s1. The second-order valence-corrected chi connectivity index (χ2v) is 13.4. The highest BCUT2D eigenvalue weighted by molar-refractivity contribution is 7.90. The maximum Gasteiger partial charge on any atom is 0.239 e. The second kappa shape index (κ2) is 6.27. The number of benzene rings is 2. The Hall–Kier alpha value is -2.09. The predicted octanol–water partition coefficient (Wildman–Crippen LogP) is 3.73. The smallest absolute Gasteiger partial charge is 0.239 e. The van der Waals surface area contributed by atoms with Gasteiger partial charge < -0.3 is 9.80 Å². The maximum absolute atomic E-state index is 14.1. The number of fused-ring (bicyclic) bond motifs is 6. The molecule has 2 aromatic rings. The van der Waals surface area contributed by atoms with Crippen molar-refractivity contribution >= 4 is 38.9 Å². The first-order valence-corrected chi connectivity index (χ1v) is 12.5. The molecule has 2 aromatic carbocycles. The average molecular weight is 474 g/mol. The zero-order valence-corrected chi connectivity index (χ0v) is 20.8. The summed E-state index contributed by atoms with van der Waals surface area (Å²) < 4.78 is 28.3. The van der Waals surface area contributed by atoms with Gasteiger partial charge in [-0.25, -0.2) is 8.42 Å². The molecule has 0 aromatic heterocycles. The monoisotopic (exact) mass is 473 g/mol. The van der Waals surface area contributed by atoms with Gasteiger partial charge in [-0.15, -0.1) is 0 Å². The Bertz CT molecular complexity index is 1270. The minimum atomic E-state index is -3.75. The van der Waals surface area contributed by atoms with E-state index in [9.17, 15) is 13.2 Å². The number of nitrogens with zero attached hydrogens (tertiary/aromatic N) is 3. The van der Waals surface area contributed by atoms with Crippen molar-refractivity contribution in [2.75, 3.05) is 30.4 Å². The molecule has 1 saturated heterocycles. The summed E-state index contributed by atoms with van der Waals surface area (Å²) in [6.07, 6.45) is -0.536. The number of rotatable bonds is 1. The van der Waals surface area contributed by atoms with E-state index >= 15 is 0 Å². The Morgan fingerprint density at radius 1 is 1.03 bits per heavy atom. The van der Waals surface area contributed by atoms with Gasteiger partial charge in [-0.2, -0.15) is 4.31 Å². The topological polar surface area (TPSA) is 60.9 Å². The lowest BCUT2D eigenvalue weighted by Crippen LogP contribution is -2.56. The van der Waals surface area contributed by atoms with Crippen molar-refractivity contribution in [1.29, 1.82) is 0 Å². The van der Waals surface area contributed by atoms with Crippen molar-refractivity contribution in [3.05, 3.63) is 58.6 Å². The van der Waals surface area contributed by atoms with Crippen molar-refractivity contribution in [3.63, 3.8) is 0 Å². The molecule has 0 aliphatic carbocycles. The summed E-state index contributed by atoms with van der Waals surface area (Å²) in [5, 5.41) is 0.531. The van der Waals surface area contributed by atoms with Crippen LogP contribution in [-0.2, 0) is 25.6 Å². The van der Waals surface area contributed by atoms with Crippen LogP contribution < -0.4 is 9.80 Å². The lowest BCUT2D eigenvalue weighted by atomic mass is 9.60. The van der Waals surface area contributed by atoms with Crippen LogP contribution in [0.25, 0.3) is 0 Å². The number of carbonyl (C=O) groups excluding carboxylic acids is 1. The number of halogens is 1. The SMILES string of the molecule is CN1C(=O)[C@@]2(CN(S(=O)(=O)C(C)(C)C)[C@H]3N(C)c4ccccc4[C@]32C)c2cc(Cl)ccc21. The van der Waals surface area contributed by atoms with Crippen LogP contribution in [-0.4, -0.2) is 50.2 Å². The van der Waals surface area contributed by atoms with Crippen molar-refractivity contribution in [3.8, 4) is 0 Å². The van der Waals surface area contributed by atoms with Crippen LogP contribution in [0.4, 0.5) is 11.4 Å². The summed E-state index contributed by atoms with van der Waals surface area (Å²) in [6.45, 7) is 7.24. The zero-order valence-electron chi connectivity index (χ0n) is 19.2. The molecule has 5 rings (SSSR count). The number of carbonyl (C=O) groups is 1. The van der Waals surface area contributed by atoms with Gasteiger partial charge in [-0.1, -0.05) is 36.7 Å². The van der Waals surface area contributed by atoms with E-state index in [1.165, 1.54) is 0 Å². The fraction of sp³-hybridized carbons (Fsp3) is 0.458. The summed E-state index contributed by atoms with van der Waals surface area (Å²) in [7, 11) is -0.0729. The van der Waals surface area contributed by atoms with Gasteiger partial charge in [-0.3, -0.25) is 4.79 Å². The molecular weight excluding hydrogens is 446 g/mol. The lowest BCUT2D eigenvalue weighted by Gasteiger charge is -2.40. The Kier molecular flexibility index (Phi) is 4.26. The highest BCUT2D eigenvalue weighted by Gasteiger charge is 2.75. The predicted molar refractivity (Wildman–Crippen MR) is 128 cm³/mol. The molecule has 8 heteroatoms. The fourth-order valence-corrected chi connectivity index (χ4v) is 8.03. The van der Waals surface area contributed by atoms with E-state index in [1.54, 1.807) is 43.1 Å². The summed E-state index contributed by atoms with van der Waals surface area (Å²) >= 11 is 6.42. The van der Waals surface area contributed by atoms with E-state index < -0.39 is 31.8 Å². The van der Waals surface area contributed by atoms with Gasteiger partial charge in [0.05, 0.1) is 4.75 Å². The number of hydrogen-bond donors (Lipinski definition) is 0. The highest BCUT2D eigenvalue weighted by Crippen LogP contribution is 2.65. The lowest BCUT2D eigenvalue weighted by molar-refractivity contribution is -0.124. The van der Waals surface area contributed by atoms with Crippen molar-refractivity contribution in [1.82, 2.24) is 4.31 Å². The van der Waals surface area contributed by atoms with Gasteiger partial charge in [0, 0.05) is 42.5 Å². The molecule has 3 aliphatic rings. The Morgan fingerprint density at radius 3 is 2.34 bits per heavy atom. The van der Waals surface area contributed by atoms with Crippen molar-refractivity contribution < 1.29 is 13.2 Å². The molecule has 32 heavy (non-hydrogen) atoms. The molecule has 1 spiro atoms. The number of hydrogen-bond acceptors (Lipinski definition) is 4. The van der Waals surface area contributed by atoms with Gasteiger partial charge in [0.1, 0.15) is 11.6 Å². The Morgan fingerprint density at radius 2 is 1.69 bits per heavy atom. The van der Waals surface area contributed by atoms with Gasteiger partial charge >= 0.3 is 0 Å². The Labute approximate surface area is 194 Å². The maximum atomic E-state index is 14.1. The summed E-state index contributed by atoms with van der Waals surface area (Å²) in [5.41, 5.74) is 1.60. The quantitative estimate of drug-likeness (QED) is 0.633. The minimum absolute atomic E-state index is 0.0724. The first kappa shape index (κ1) is 21.7. The van der Waals surface area contributed by atoms with Gasteiger partial charge in [0.2, 0.25) is 15.9 Å². The van der Waals surface area contributed by atoms with E-state index in [-0.39, 0.29) is 12.5 Å². The number of amides is 1. The third-order valence-corrected chi connectivity index (χ3v) is 10.5. The molecule has 0 unspecified atom stereocenters. The van der Waals surface area contributed by atoms with Gasteiger partial charge in [-0.05, 0) is 56.2 Å². The molecule has 3 heterocycles. The van der Waals surface area contributed by atoms with Crippen LogP contribution in [0.3, 0.4) is 0 Å². The number of sulfonamides is 1. The van der Waals surface area contributed by atoms with Gasteiger partial charge in [0.15, 0.2) is 0 Å². The summed E-state index contributed by atoms with van der Waals surface area (Å²) in [4.78, 5) is 17.8. The summed E-state index contributed by atoms with van der Waals surface area (Å²) in [5.74, 6) is -0.0982. The van der Waals surface area contributed by atoms with Gasteiger partial charge in [0.25, 0.3) is 0 Å². The highest BCUT2D eigenvalue weighted by atomic mass is 35.5. The number of para-hydroxylation sites is 1. The fourth-order valence-electron chi connectivity index (χ4n) is 6.17. The molecule has 1 fully saturated rings. The van der Waals surface area contributed by atoms with E-state index in [0.29, 0.717) is 5.02 Å². The molecule has 6 nitrogen and oxygen atoms in total. The van der Waals surface area contributed by atoms with Crippen molar-refractivity contribution in [2.45, 2.75) is 49.4 Å². The second-order valence-electron chi connectivity index (χ2n) is 10.3. The van der Waals surface area contributed by atoms with E-state index in [1.807, 2.05) is 55.3 Å². The third kappa shape index (κ3) is 2.24. The molecule has 1 amide bonds. The first-order valence-electron chi connectivity index (χ1n) is 10.7. The Balaban J connectivity index is 1.89. The largest absolute Gasteiger partial charge is 0.357 e. The molecule has 3 atom stereocenters. The van der Waals surface area contributed by atoms with E-state index in [4.69, 9.17) is 11.6 Å². The van der Waals surface area contributed by atoms with E-state index in [2.05, 4.69) is 0 Å². The molecule has 0 N–H and O–H groups in total. The summed E-state index contributed by atoms with van der Waals surface area (Å²) in [6, 6.07) is 13.4. The minimum Gasteiger partial charge on any atom is -0.357 e. The molecular formula is C24H28ClN3O3S. The number of likely N-dealkylation sites (N-methyl/N-ethyl adjacent to an activating group) is 2. The first-order chi connectivity index (χ1) is 14.8. The number of anilines is 2.